The average molecular weight is 405 g/mol. The highest BCUT2D eigenvalue weighted by Gasteiger charge is 2.47. The van der Waals surface area contributed by atoms with E-state index in [1.165, 1.54) is 55.7 Å². The van der Waals surface area contributed by atoms with Gasteiger partial charge < -0.3 is 0 Å². The molecule has 0 fully saturated rings. The van der Waals surface area contributed by atoms with E-state index in [9.17, 15) is 0 Å². The zero-order valence-corrected chi connectivity index (χ0v) is 19.6. The van der Waals surface area contributed by atoms with E-state index in [4.69, 9.17) is 0 Å². The van der Waals surface area contributed by atoms with Crippen LogP contribution in [0.2, 0.25) is 0 Å². The molecular formula is C31H32. The molecule has 2 atom stereocenters. The van der Waals surface area contributed by atoms with E-state index < -0.39 is 0 Å². The molecular weight excluding hydrogens is 372 g/mol. The summed E-state index contributed by atoms with van der Waals surface area (Å²) in [5.41, 5.74) is 13.7. The molecule has 31 heavy (non-hydrogen) atoms. The molecule has 156 valence electrons. The van der Waals surface area contributed by atoms with Crippen molar-refractivity contribution in [2.75, 3.05) is 0 Å². The monoisotopic (exact) mass is 404 g/mol. The number of fused-ring (bicyclic) bond motifs is 3. The number of aryl methyl sites for hydroxylation is 2. The van der Waals surface area contributed by atoms with Gasteiger partial charge in [-0.1, -0.05) is 92.2 Å². The van der Waals surface area contributed by atoms with Crippen LogP contribution in [0.4, 0.5) is 0 Å². The highest BCUT2D eigenvalue weighted by molar-refractivity contribution is 5.87. The Labute approximate surface area is 187 Å². The van der Waals surface area contributed by atoms with Crippen molar-refractivity contribution in [1.82, 2.24) is 0 Å². The number of hydrogen-bond acceptors (Lipinski definition) is 0. The molecule has 0 heterocycles. The van der Waals surface area contributed by atoms with Crippen LogP contribution in [-0.2, 0) is 5.41 Å². The third kappa shape index (κ3) is 2.74. The molecule has 0 spiro atoms. The molecule has 0 N–H and O–H groups in total. The Morgan fingerprint density at radius 1 is 0.710 bits per heavy atom. The van der Waals surface area contributed by atoms with Crippen LogP contribution < -0.4 is 0 Å². The molecule has 0 bridgehead atoms. The second-order valence-electron chi connectivity index (χ2n) is 9.73. The maximum absolute atomic E-state index is 2.54. The third-order valence-corrected chi connectivity index (χ3v) is 8.08. The summed E-state index contributed by atoms with van der Waals surface area (Å²) < 4.78 is 0. The summed E-state index contributed by atoms with van der Waals surface area (Å²) in [4.78, 5) is 0. The number of benzene rings is 3. The molecule has 0 nitrogen and oxygen atoms in total. The van der Waals surface area contributed by atoms with Crippen LogP contribution in [0.1, 0.15) is 54.2 Å². The highest BCUT2D eigenvalue weighted by Crippen LogP contribution is 2.58. The van der Waals surface area contributed by atoms with Crippen LogP contribution in [0.25, 0.3) is 11.1 Å². The van der Waals surface area contributed by atoms with Crippen LogP contribution in [0.15, 0.2) is 84.0 Å². The van der Waals surface area contributed by atoms with Crippen molar-refractivity contribution >= 4 is 0 Å². The van der Waals surface area contributed by atoms with Crippen molar-refractivity contribution in [3.8, 4) is 11.1 Å². The summed E-state index contributed by atoms with van der Waals surface area (Å²) in [6.07, 6.45) is 5.02. The lowest BCUT2D eigenvalue weighted by Gasteiger charge is -2.39. The highest BCUT2D eigenvalue weighted by atomic mass is 14.5. The van der Waals surface area contributed by atoms with E-state index in [1.54, 1.807) is 0 Å². The van der Waals surface area contributed by atoms with Gasteiger partial charge in [-0.2, -0.15) is 0 Å². The quantitative estimate of drug-likeness (QED) is 0.405. The summed E-state index contributed by atoms with van der Waals surface area (Å²) in [6, 6.07) is 23.0. The van der Waals surface area contributed by atoms with E-state index in [0.717, 1.165) is 0 Å². The van der Waals surface area contributed by atoms with Gasteiger partial charge in [0.15, 0.2) is 0 Å². The summed E-state index contributed by atoms with van der Waals surface area (Å²) in [6.45, 7) is 13.8. The first-order valence-corrected chi connectivity index (χ1v) is 11.5. The molecule has 0 aliphatic heterocycles. The standard InChI is InChI=1S/C31H32/c1-19-15-25(16-20(2)23(19)5)31(26-17-21(3)24(6)22(4)18-26)29-13-9-7-11-27(29)28-12-8-10-14-30(28)31/h7-19,23H,1-6H3. The predicted octanol–water partition coefficient (Wildman–Crippen LogP) is 8.09. The van der Waals surface area contributed by atoms with Crippen molar-refractivity contribution in [1.29, 1.82) is 0 Å². The minimum Gasteiger partial charge on any atom is -0.0763 e. The lowest BCUT2D eigenvalue weighted by molar-refractivity contribution is 0.510. The molecule has 0 radical (unpaired) electrons. The van der Waals surface area contributed by atoms with Crippen molar-refractivity contribution < 1.29 is 0 Å². The topological polar surface area (TPSA) is 0 Å². The largest absolute Gasteiger partial charge is 0.0763 e. The van der Waals surface area contributed by atoms with Crippen molar-refractivity contribution in [3.63, 3.8) is 0 Å². The maximum Gasteiger partial charge on any atom is 0.0710 e. The molecule has 3 aromatic carbocycles. The van der Waals surface area contributed by atoms with Gasteiger partial charge in [-0.25, -0.2) is 0 Å². The van der Waals surface area contributed by atoms with Crippen LogP contribution >= 0.6 is 0 Å². The normalized spacial score (nSPS) is 21.2. The van der Waals surface area contributed by atoms with E-state index in [0.29, 0.717) is 11.8 Å². The second-order valence-corrected chi connectivity index (χ2v) is 9.73. The zero-order chi connectivity index (χ0) is 21.9. The Morgan fingerprint density at radius 2 is 1.23 bits per heavy atom. The first-order chi connectivity index (χ1) is 14.9. The molecule has 2 unspecified atom stereocenters. The summed E-state index contributed by atoms with van der Waals surface area (Å²) in [5.74, 6) is 1.10. The molecule has 0 saturated carbocycles. The van der Waals surface area contributed by atoms with E-state index in [2.05, 4.69) is 114 Å². The molecule has 3 aromatic rings. The molecule has 0 saturated heterocycles. The first-order valence-electron chi connectivity index (χ1n) is 11.5. The van der Waals surface area contributed by atoms with Gasteiger partial charge in [-0.05, 0) is 89.6 Å². The number of rotatable bonds is 2. The van der Waals surface area contributed by atoms with Crippen molar-refractivity contribution in [2.24, 2.45) is 11.8 Å². The van der Waals surface area contributed by atoms with Crippen LogP contribution in [-0.4, -0.2) is 0 Å². The Bertz CT molecular complexity index is 1180. The fraction of sp³-hybridized carbons (Fsp3) is 0.290. The first kappa shape index (κ1) is 20.1. The summed E-state index contributed by atoms with van der Waals surface area (Å²) >= 11 is 0. The molecule has 2 aliphatic rings. The lowest BCUT2D eigenvalue weighted by atomic mass is 9.63. The third-order valence-electron chi connectivity index (χ3n) is 8.08. The molecule has 2 aliphatic carbocycles. The van der Waals surface area contributed by atoms with Crippen LogP contribution in [0.5, 0.6) is 0 Å². The summed E-state index contributed by atoms with van der Waals surface area (Å²) in [5, 5.41) is 0. The van der Waals surface area contributed by atoms with Gasteiger partial charge in [0.2, 0.25) is 0 Å². The molecule has 0 amide bonds. The SMILES string of the molecule is CC1=CC(C2(c3cc(C)c(C)c(C)c3)c3ccccc3-c3ccccc32)=CC(C)C1C. The van der Waals surface area contributed by atoms with E-state index in [1.807, 2.05) is 0 Å². The molecule has 0 heteroatoms. The van der Waals surface area contributed by atoms with E-state index >= 15 is 0 Å². The Balaban J connectivity index is 1.95. The number of allylic oxidation sites excluding steroid dienone is 4. The summed E-state index contributed by atoms with van der Waals surface area (Å²) in [7, 11) is 0. The Hall–Kier alpha value is -2.86. The second kappa shape index (κ2) is 7.09. The van der Waals surface area contributed by atoms with Gasteiger partial charge in [-0.3, -0.25) is 0 Å². The van der Waals surface area contributed by atoms with Gasteiger partial charge in [0, 0.05) is 0 Å². The molecule has 5 rings (SSSR count). The van der Waals surface area contributed by atoms with Gasteiger partial charge in [0.25, 0.3) is 0 Å². The predicted molar refractivity (Wildman–Crippen MR) is 133 cm³/mol. The fourth-order valence-corrected chi connectivity index (χ4v) is 5.78. The van der Waals surface area contributed by atoms with Crippen molar-refractivity contribution in [2.45, 2.75) is 47.0 Å². The smallest absolute Gasteiger partial charge is 0.0710 e. The van der Waals surface area contributed by atoms with Gasteiger partial charge in [0.05, 0.1) is 5.41 Å². The Kier molecular flexibility index (Phi) is 4.59. The van der Waals surface area contributed by atoms with Crippen LogP contribution in [0, 0.1) is 32.6 Å². The van der Waals surface area contributed by atoms with Crippen molar-refractivity contribution in [3.05, 3.63) is 117 Å². The van der Waals surface area contributed by atoms with Gasteiger partial charge in [-0.15, -0.1) is 0 Å². The minimum atomic E-state index is -0.272. The number of hydrogen-bond donors (Lipinski definition) is 0. The Morgan fingerprint density at radius 3 is 1.74 bits per heavy atom. The molecule has 0 aromatic heterocycles. The average Bonchev–Trinajstić information content (AvgIpc) is 3.06. The maximum atomic E-state index is 2.54. The zero-order valence-electron chi connectivity index (χ0n) is 19.6. The minimum absolute atomic E-state index is 0.272. The van der Waals surface area contributed by atoms with Crippen LogP contribution in [0.3, 0.4) is 0 Å². The lowest BCUT2D eigenvalue weighted by Crippen LogP contribution is -2.31. The fourth-order valence-electron chi connectivity index (χ4n) is 5.78. The van der Waals surface area contributed by atoms with E-state index in [-0.39, 0.29) is 5.41 Å². The van der Waals surface area contributed by atoms with Gasteiger partial charge in [0.1, 0.15) is 0 Å². The van der Waals surface area contributed by atoms with Gasteiger partial charge >= 0.3 is 0 Å².